The Morgan fingerprint density at radius 3 is 2.87 bits per heavy atom. The van der Waals surface area contributed by atoms with Gasteiger partial charge in [0.1, 0.15) is 5.82 Å². The van der Waals surface area contributed by atoms with Crippen molar-refractivity contribution >= 4 is 24.3 Å². The van der Waals surface area contributed by atoms with Crippen molar-refractivity contribution in [3.05, 3.63) is 47.7 Å². The third kappa shape index (κ3) is 2.90. The number of urea groups is 1. The van der Waals surface area contributed by atoms with Gasteiger partial charge < -0.3 is 10.6 Å². The zero-order chi connectivity index (χ0) is 15.1. The van der Waals surface area contributed by atoms with Crippen LogP contribution in [0.1, 0.15) is 24.0 Å². The van der Waals surface area contributed by atoms with Crippen molar-refractivity contribution < 1.29 is 4.79 Å². The monoisotopic (exact) mass is 330 g/mol. The van der Waals surface area contributed by atoms with Gasteiger partial charge in [0.05, 0.1) is 6.54 Å². The summed E-state index contributed by atoms with van der Waals surface area (Å²) in [6.45, 7) is 1.15. The number of fused-ring (bicyclic) bond motifs is 1. The molecular formula is C17H19ClN4O. The molecule has 1 aliphatic carbocycles. The molecule has 0 saturated heterocycles. The van der Waals surface area contributed by atoms with Gasteiger partial charge in [-0.1, -0.05) is 18.2 Å². The number of nitrogens with two attached hydrogens (primary N) is 1. The number of pyridine rings is 1. The largest absolute Gasteiger partial charge is 0.326 e. The van der Waals surface area contributed by atoms with Crippen LogP contribution in [0.15, 0.2) is 36.5 Å². The van der Waals surface area contributed by atoms with E-state index in [1.807, 2.05) is 23.1 Å². The highest BCUT2D eigenvalue weighted by Gasteiger charge is 2.36. The molecule has 6 heteroatoms. The molecule has 5 nitrogen and oxygen atoms in total. The van der Waals surface area contributed by atoms with Crippen LogP contribution in [0.25, 0.3) is 11.1 Å². The van der Waals surface area contributed by atoms with E-state index in [4.69, 9.17) is 5.73 Å². The van der Waals surface area contributed by atoms with E-state index in [1.165, 1.54) is 0 Å². The van der Waals surface area contributed by atoms with Gasteiger partial charge in [-0.3, -0.25) is 5.32 Å². The summed E-state index contributed by atoms with van der Waals surface area (Å²) in [5, 5.41) is 2.92. The highest BCUT2D eigenvalue weighted by atomic mass is 35.5. The van der Waals surface area contributed by atoms with Crippen LogP contribution in [0.2, 0.25) is 0 Å². The van der Waals surface area contributed by atoms with Crippen molar-refractivity contribution in [1.29, 1.82) is 0 Å². The number of rotatable bonds is 3. The molecule has 4 rings (SSSR count). The molecule has 1 aliphatic heterocycles. The highest BCUT2D eigenvalue weighted by molar-refractivity contribution is 5.93. The molecule has 23 heavy (non-hydrogen) atoms. The Morgan fingerprint density at radius 1 is 1.30 bits per heavy atom. The quantitative estimate of drug-likeness (QED) is 0.908. The number of benzene rings is 1. The molecule has 0 bridgehead atoms. The van der Waals surface area contributed by atoms with Crippen molar-refractivity contribution in [1.82, 2.24) is 9.88 Å². The molecule has 2 aromatic rings. The molecule has 0 spiro atoms. The Kier molecular flexibility index (Phi) is 4.24. The summed E-state index contributed by atoms with van der Waals surface area (Å²) in [7, 11) is 0. The van der Waals surface area contributed by atoms with Gasteiger partial charge in [-0.05, 0) is 41.7 Å². The summed E-state index contributed by atoms with van der Waals surface area (Å²) in [5.74, 6) is 0.678. The van der Waals surface area contributed by atoms with Crippen LogP contribution in [0.4, 0.5) is 10.6 Å². The Hall–Kier alpha value is -2.11. The van der Waals surface area contributed by atoms with E-state index >= 15 is 0 Å². The molecule has 1 aromatic carbocycles. The fourth-order valence-electron chi connectivity index (χ4n) is 2.99. The third-order valence-corrected chi connectivity index (χ3v) is 4.33. The summed E-state index contributed by atoms with van der Waals surface area (Å²) in [6.07, 6.45) is 3.94. The zero-order valence-electron chi connectivity index (χ0n) is 12.7. The summed E-state index contributed by atoms with van der Waals surface area (Å²) < 4.78 is 0. The van der Waals surface area contributed by atoms with Crippen LogP contribution >= 0.6 is 12.4 Å². The Labute approximate surface area is 141 Å². The lowest BCUT2D eigenvalue weighted by atomic mass is 9.98. The van der Waals surface area contributed by atoms with Gasteiger partial charge in [-0.25, -0.2) is 9.78 Å². The van der Waals surface area contributed by atoms with Crippen LogP contribution in [0.3, 0.4) is 0 Å². The van der Waals surface area contributed by atoms with Crippen LogP contribution in [0, 0.1) is 0 Å². The van der Waals surface area contributed by atoms with Crippen LogP contribution < -0.4 is 11.1 Å². The molecule has 3 N–H and O–H groups in total. The van der Waals surface area contributed by atoms with Gasteiger partial charge >= 0.3 is 6.03 Å². The minimum absolute atomic E-state index is 0. The van der Waals surface area contributed by atoms with Gasteiger partial charge in [-0.2, -0.15) is 0 Å². The van der Waals surface area contributed by atoms with Gasteiger partial charge in [0.2, 0.25) is 0 Å². The summed E-state index contributed by atoms with van der Waals surface area (Å²) >= 11 is 0. The number of halogens is 1. The van der Waals surface area contributed by atoms with E-state index < -0.39 is 0 Å². The third-order valence-electron chi connectivity index (χ3n) is 4.33. The molecule has 0 unspecified atom stereocenters. The van der Waals surface area contributed by atoms with Crippen LogP contribution in [-0.2, 0) is 13.1 Å². The first-order valence-electron chi connectivity index (χ1n) is 7.61. The average molecular weight is 331 g/mol. The highest BCUT2D eigenvalue weighted by Crippen LogP contribution is 2.36. The lowest BCUT2D eigenvalue weighted by molar-refractivity contribution is 0.203. The number of nitrogens with one attached hydrogen (secondary N) is 1. The second-order valence-corrected chi connectivity index (χ2v) is 5.88. The predicted octanol–water partition coefficient (Wildman–Crippen LogP) is 3.14. The fourth-order valence-corrected chi connectivity index (χ4v) is 2.99. The molecule has 2 amide bonds. The van der Waals surface area contributed by atoms with Crippen molar-refractivity contribution in [2.75, 3.05) is 5.32 Å². The molecule has 0 radical (unpaired) electrons. The molecule has 1 aromatic heterocycles. The number of nitrogens with zero attached hydrogens (tertiary/aromatic N) is 2. The van der Waals surface area contributed by atoms with Gasteiger partial charge in [-0.15, -0.1) is 12.4 Å². The maximum Gasteiger partial charge on any atom is 0.323 e. The van der Waals surface area contributed by atoms with E-state index in [-0.39, 0.29) is 18.4 Å². The predicted molar refractivity (Wildman–Crippen MR) is 92.4 cm³/mol. The first kappa shape index (κ1) is 15.8. The number of hydrogen-bond donors (Lipinski definition) is 2. The minimum Gasteiger partial charge on any atom is -0.326 e. The van der Waals surface area contributed by atoms with Crippen molar-refractivity contribution in [2.24, 2.45) is 5.73 Å². The Bertz CT molecular complexity index is 745. The van der Waals surface area contributed by atoms with E-state index in [1.54, 1.807) is 6.20 Å². The molecule has 2 heterocycles. The smallest absolute Gasteiger partial charge is 0.323 e. The first-order valence-corrected chi connectivity index (χ1v) is 7.61. The SMILES string of the molecule is Cl.NCc1cccc(-c2ccnc3c2CN(C2CC2)C(=O)N3)c1. The number of carbonyl (C=O) groups excluding carboxylic acids is 1. The summed E-state index contributed by atoms with van der Waals surface area (Å²) in [5.41, 5.74) is 10.2. The lowest BCUT2D eigenvalue weighted by Crippen LogP contribution is -2.40. The van der Waals surface area contributed by atoms with E-state index in [0.29, 0.717) is 24.9 Å². The zero-order valence-corrected chi connectivity index (χ0v) is 13.5. The molecular weight excluding hydrogens is 312 g/mol. The molecule has 1 fully saturated rings. The Balaban J connectivity index is 0.00000156. The van der Waals surface area contributed by atoms with Gasteiger partial charge in [0, 0.05) is 24.3 Å². The normalized spacial score (nSPS) is 16.4. The maximum atomic E-state index is 12.1. The summed E-state index contributed by atoms with van der Waals surface area (Å²) in [6, 6.07) is 10.6. The number of aromatic nitrogens is 1. The van der Waals surface area contributed by atoms with Crippen LogP contribution in [-0.4, -0.2) is 22.0 Å². The average Bonchev–Trinajstić information content (AvgIpc) is 3.38. The maximum absolute atomic E-state index is 12.1. The van der Waals surface area contributed by atoms with Gasteiger partial charge in [0.25, 0.3) is 0 Å². The number of amides is 2. The topological polar surface area (TPSA) is 71.2 Å². The van der Waals surface area contributed by atoms with E-state index in [0.717, 1.165) is 35.1 Å². The number of anilines is 1. The molecule has 2 aliphatic rings. The standard InChI is InChI=1S/C17H18N4O.ClH/c18-9-11-2-1-3-12(8-11)14-6-7-19-16-15(14)10-21(13-4-5-13)17(22)20-16;/h1-3,6-8,13H,4-5,9-10,18H2,(H,19,20,22);1H. The minimum atomic E-state index is -0.0321. The molecule has 0 atom stereocenters. The molecule has 120 valence electrons. The second kappa shape index (κ2) is 6.18. The first-order chi connectivity index (χ1) is 10.8. The van der Waals surface area contributed by atoms with Crippen LogP contribution in [0.5, 0.6) is 0 Å². The lowest BCUT2D eigenvalue weighted by Gasteiger charge is -2.30. The summed E-state index contributed by atoms with van der Waals surface area (Å²) in [4.78, 5) is 18.4. The number of hydrogen-bond acceptors (Lipinski definition) is 3. The van der Waals surface area contributed by atoms with E-state index in [9.17, 15) is 4.79 Å². The fraction of sp³-hybridized carbons (Fsp3) is 0.294. The van der Waals surface area contributed by atoms with Crippen molar-refractivity contribution in [3.8, 4) is 11.1 Å². The van der Waals surface area contributed by atoms with Crippen molar-refractivity contribution in [3.63, 3.8) is 0 Å². The second-order valence-electron chi connectivity index (χ2n) is 5.88. The Morgan fingerprint density at radius 2 is 2.13 bits per heavy atom. The van der Waals surface area contributed by atoms with E-state index in [2.05, 4.69) is 22.4 Å². The molecule has 1 saturated carbocycles. The van der Waals surface area contributed by atoms with Gasteiger partial charge in [0.15, 0.2) is 0 Å². The number of carbonyl (C=O) groups is 1. The van der Waals surface area contributed by atoms with Crippen molar-refractivity contribution in [2.45, 2.75) is 32.0 Å².